The molecule has 188 valence electrons. The molecule has 0 aliphatic heterocycles. The number of nitrogens with zero attached hydrogens (tertiary/aromatic N) is 1. The molecule has 1 heterocycles. The van der Waals surface area contributed by atoms with Crippen molar-refractivity contribution >= 4 is 39.9 Å². The van der Waals surface area contributed by atoms with Crippen molar-refractivity contribution < 1.29 is 23.9 Å². The Morgan fingerprint density at radius 2 is 1.75 bits per heavy atom. The van der Waals surface area contributed by atoms with Gasteiger partial charge in [-0.3, -0.25) is 14.9 Å². The van der Waals surface area contributed by atoms with Crippen molar-refractivity contribution in [3.05, 3.63) is 70.2 Å². The Labute approximate surface area is 214 Å². The molecule has 2 N–H and O–H groups in total. The fourth-order valence-electron chi connectivity index (χ4n) is 3.95. The predicted molar refractivity (Wildman–Crippen MR) is 139 cm³/mol. The first-order valence-electron chi connectivity index (χ1n) is 12.0. The molecule has 1 aliphatic rings. The average Bonchev–Trinajstić information content (AvgIpc) is 3.31. The SMILES string of the molecule is CCCCOC(=O)c1ccc(NC(=O)C2CCCc3sc(NC(=O)c4ccc(OC)cc4)nc32)cc1. The lowest BCUT2D eigenvalue weighted by Gasteiger charge is -2.20. The van der Waals surface area contributed by atoms with Crippen LogP contribution >= 0.6 is 11.3 Å². The van der Waals surface area contributed by atoms with Gasteiger partial charge >= 0.3 is 5.97 Å². The number of benzene rings is 2. The normalized spacial score (nSPS) is 14.4. The van der Waals surface area contributed by atoms with Gasteiger partial charge in [-0.2, -0.15) is 0 Å². The predicted octanol–water partition coefficient (Wildman–Crippen LogP) is 5.42. The second-order valence-corrected chi connectivity index (χ2v) is 9.59. The van der Waals surface area contributed by atoms with Crippen LogP contribution < -0.4 is 15.4 Å². The zero-order valence-corrected chi connectivity index (χ0v) is 21.2. The molecule has 1 unspecified atom stereocenters. The monoisotopic (exact) mass is 507 g/mol. The van der Waals surface area contributed by atoms with Crippen LogP contribution in [0, 0.1) is 0 Å². The molecule has 0 fully saturated rings. The highest BCUT2D eigenvalue weighted by Crippen LogP contribution is 2.37. The van der Waals surface area contributed by atoms with E-state index in [2.05, 4.69) is 15.6 Å². The maximum atomic E-state index is 13.1. The fraction of sp³-hybridized carbons (Fsp3) is 0.333. The number of esters is 1. The number of unbranched alkanes of at least 4 members (excludes halogenated alkanes) is 1. The van der Waals surface area contributed by atoms with Crippen LogP contribution in [0.2, 0.25) is 0 Å². The summed E-state index contributed by atoms with van der Waals surface area (Å²) in [6, 6.07) is 13.5. The number of carbonyl (C=O) groups excluding carboxylic acids is 3. The number of fused-ring (bicyclic) bond motifs is 1. The maximum absolute atomic E-state index is 13.1. The van der Waals surface area contributed by atoms with Crippen LogP contribution in [0.3, 0.4) is 0 Å². The largest absolute Gasteiger partial charge is 0.497 e. The zero-order chi connectivity index (χ0) is 25.5. The summed E-state index contributed by atoms with van der Waals surface area (Å²) in [5.41, 5.74) is 2.25. The first-order chi connectivity index (χ1) is 17.5. The number of thiazole rings is 1. The van der Waals surface area contributed by atoms with Gasteiger partial charge in [0.1, 0.15) is 5.75 Å². The van der Waals surface area contributed by atoms with Crippen LogP contribution in [0.5, 0.6) is 5.75 Å². The second-order valence-electron chi connectivity index (χ2n) is 8.51. The molecule has 36 heavy (non-hydrogen) atoms. The third-order valence-corrected chi connectivity index (χ3v) is 7.01. The van der Waals surface area contributed by atoms with E-state index in [1.165, 1.54) is 11.3 Å². The van der Waals surface area contributed by atoms with Crippen molar-refractivity contribution in [1.29, 1.82) is 0 Å². The number of aromatic nitrogens is 1. The summed E-state index contributed by atoms with van der Waals surface area (Å²) < 4.78 is 10.4. The van der Waals surface area contributed by atoms with Crippen molar-refractivity contribution in [2.24, 2.45) is 0 Å². The van der Waals surface area contributed by atoms with E-state index in [9.17, 15) is 14.4 Å². The van der Waals surface area contributed by atoms with E-state index >= 15 is 0 Å². The highest BCUT2D eigenvalue weighted by molar-refractivity contribution is 7.16. The first kappa shape index (κ1) is 25.4. The molecule has 1 aliphatic carbocycles. The molecular formula is C27H29N3O5S. The van der Waals surface area contributed by atoms with Gasteiger partial charge in [0.15, 0.2) is 5.13 Å². The van der Waals surface area contributed by atoms with Gasteiger partial charge in [-0.15, -0.1) is 11.3 Å². The van der Waals surface area contributed by atoms with Gasteiger partial charge in [0.2, 0.25) is 5.91 Å². The van der Waals surface area contributed by atoms with Crippen molar-refractivity contribution in [2.45, 2.75) is 44.9 Å². The average molecular weight is 508 g/mol. The summed E-state index contributed by atoms with van der Waals surface area (Å²) in [6.45, 7) is 2.43. The molecule has 9 heteroatoms. The molecule has 0 spiro atoms. The highest BCUT2D eigenvalue weighted by atomic mass is 32.1. The fourth-order valence-corrected chi connectivity index (χ4v) is 5.01. The quantitative estimate of drug-likeness (QED) is 0.296. The molecule has 0 bridgehead atoms. The topological polar surface area (TPSA) is 107 Å². The van der Waals surface area contributed by atoms with E-state index in [0.29, 0.717) is 46.4 Å². The molecular weight excluding hydrogens is 478 g/mol. The minimum atomic E-state index is -0.407. The molecule has 4 rings (SSSR count). The van der Waals surface area contributed by atoms with Crippen LogP contribution in [0.1, 0.15) is 69.8 Å². The summed E-state index contributed by atoms with van der Waals surface area (Å²) in [5, 5.41) is 6.26. The number of methoxy groups -OCH3 is 1. The Balaban J connectivity index is 1.39. The molecule has 2 amide bonds. The van der Waals surface area contributed by atoms with Crippen molar-refractivity contribution in [3.63, 3.8) is 0 Å². The molecule has 8 nitrogen and oxygen atoms in total. The molecule has 1 aromatic heterocycles. The number of aryl methyl sites for hydroxylation is 1. The smallest absolute Gasteiger partial charge is 0.338 e. The third-order valence-electron chi connectivity index (χ3n) is 5.96. The summed E-state index contributed by atoms with van der Waals surface area (Å²) in [5.74, 6) is -0.530. The lowest BCUT2D eigenvalue weighted by Crippen LogP contribution is -2.24. The molecule has 0 saturated carbocycles. The Hall–Kier alpha value is -3.72. The van der Waals surface area contributed by atoms with Crippen LogP contribution in [0.25, 0.3) is 0 Å². The third kappa shape index (κ3) is 6.09. The van der Waals surface area contributed by atoms with Crippen LogP contribution in [0.15, 0.2) is 48.5 Å². The number of rotatable bonds is 9. The van der Waals surface area contributed by atoms with E-state index in [1.807, 2.05) is 6.92 Å². The number of carbonyl (C=O) groups is 3. The molecule has 0 radical (unpaired) electrons. The minimum Gasteiger partial charge on any atom is -0.497 e. The van der Waals surface area contributed by atoms with E-state index in [4.69, 9.17) is 9.47 Å². The standard InChI is InChI=1S/C27H29N3O5S/c1-3-4-16-35-26(33)18-8-12-19(13-9-18)28-25(32)21-6-5-7-22-23(21)29-27(36-22)30-24(31)17-10-14-20(34-2)15-11-17/h8-15,21H,3-7,16H2,1-2H3,(H,28,32)(H,29,30,31). The van der Waals surface area contributed by atoms with Crippen molar-refractivity contribution in [1.82, 2.24) is 4.98 Å². The lowest BCUT2D eigenvalue weighted by atomic mass is 9.90. The second kappa shape index (κ2) is 11.8. The summed E-state index contributed by atoms with van der Waals surface area (Å²) >= 11 is 1.41. The van der Waals surface area contributed by atoms with Crippen LogP contribution in [-0.4, -0.2) is 36.5 Å². The molecule has 0 saturated heterocycles. The van der Waals surface area contributed by atoms with E-state index in [0.717, 1.165) is 30.6 Å². The summed E-state index contributed by atoms with van der Waals surface area (Å²) in [4.78, 5) is 43.4. The molecule has 1 atom stereocenters. The van der Waals surface area contributed by atoms with Gasteiger partial charge < -0.3 is 14.8 Å². The Morgan fingerprint density at radius 3 is 2.44 bits per heavy atom. The first-order valence-corrected chi connectivity index (χ1v) is 12.8. The van der Waals surface area contributed by atoms with Gasteiger partial charge in [0.25, 0.3) is 5.91 Å². The number of amides is 2. The van der Waals surface area contributed by atoms with E-state index in [-0.39, 0.29) is 17.8 Å². The zero-order valence-electron chi connectivity index (χ0n) is 20.3. The number of hydrogen-bond donors (Lipinski definition) is 2. The summed E-state index contributed by atoms with van der Waals surface area (Å²) in [7, 11) is 1.57. The van der Waals surface area contributed by atoms with Gasteiger partial charge in [-0.05, 0) is 74.2 Å². The van der Waals surface area contributed by atoms with Gasteiger partial charge in [-0.1, -0.05) is 13.3 Å². The minimum absolute atomic E-state index is 0.160. The van der Waals surface area contributed by atoms with Crippen LogP contribution in [0.4, 0.5) is 10.8 Å². The number of hydrogen-bond acceptors (Lipinski definition) is 7. The Bertz CT molecular complexity index is 1220. The van der Waals surface area contributed by atoms with Crippen molar-refractivity contribution in [3.8, 4) is 5.75 Å². The lowest BCUT2D eigenvalue weighted by molar-refractivity contribution is -0.117. The number of nitrogens with one attached hydrogen (secondary N) is 2. The maximum Gasteiger partial charge on any atom is 0.338 e. The summed E-state index contributed by atoms with van der Waals surface area (Å²) in [6.07, 6.45) is 4.14. The van der Waals surface area contributed by atoms with Gasteiger partial charge in [-0.25, -0.2) is 9.78 Å². The van der Waals surface area contributed by atoms with Crippen LogP contribution in [-0.2, 0) is 16.0 Å². The van der Waals surface area contributed by atoms with E-state index < -0.39 is 5.92 Å². The van der Waals surface area contributed by atoms with E-state index in [1.54, 1.807) is 55.6 Å². The van der Waals surface area contributed by atoms with Crippen molar-refractivity contribution in [2.75, 3.05) is 24.4 Å². The number of ether oxygens (including phenoxy) is 2. The molecule has 3 aromatic rings. The Kier molecular flexibility index (Phi) is 8.32. The van der Waals surface area contributed by atoms with Gasteiger partial charge in [0, 0.05) is 16.1 Å². The highest BCUT2D eigenvalue weighted by Gasteiger charge is 2.30. The van der Waals surface area contributed by atoms with Gasteiger partial charge in [0.05, 0.1) is 30.9 Å². The number of anilines is 2. The molecule has 2 aromatic carbocycles. The Morgan fingerprint density at radius 1 is 1.03 bits per heavy atom.